The van der Waals surface area contributed by atoms with Gasteiger partial charge in [0, 0.05) is 0 Å². The fourth-order valence-electron chi connectivity index (χ4n) is 0.910. The predicted octanol–water partition coefficient (Wildman–Crippen LogP) is 2.40. The predicted molar refractivity (Wildman–Crippen MR) is 40.7 cm³/mol. The molecule has 1 aromatic rings. The van der Waals surface area contributed by atoms with Crippen molar-refractivity contribution < 1.29 is 18.1 Å². The van der Waals surface area contributed by atoms with Crippen LogP contribution in [-0.2, 0) is 6.67 Å². The summed E-state index contributed by atoms with van der Waals surface area (Å²) in [5, 5.41) is 10.3. The van der Waals surface area contributed by atoms with Gasteiger partial charge in [-0.05, 0) is 6.07 Å². The van der Waals surface area contributed by atoms with Crippen molar-refractivity contribution in [2.24, 2.45) is 0 Å². The normalized spacial score (nSPS) is 10.6. The molecule has 4 nitrogen and oxygen atoms in total. The second-order valence-electron chi connectivity index (χ2n) is 2.43. The standard InChI is InChI=1S/C7H5F3N2O2/c8-2-4-1-5(7(9)10)6(3-11-4)12(13)14/h1,3,7H,2H2. The van der Waals surface area contributed by atoms with Crippen LogP contribution < -0.4 is 0 Å². The molecule has 0 unspecified atom stereocenters. The summed E-state index contributed by atoms with van der Waals surface area (Å²) in [4.78, 5) is 12.6. The Balaban J connectivity index is 3.24. The minimum absolute atomic E-state index is 0.245. The quantitative estimate of drug-likeness (QED) is 0.563. The van der Waals surface area contributed by atoms with Crippen LogP contribution in [0.25, 0.3) is 0 Å². The lowest BCUT2D eigenvalue weighted by Crippen LogP contribution is -1.99. The highest BCUT2D eigenvalue weighted by Gasteiger charge is 2.22. The summed E-state index contributed by atoms with van der Waals surface area (Å²) in [6.45, 7) is -1.03. The molecule has 1 rings (SSSR count). The van der Waals surface area contributed by atoms with Gasteiger partial charge in [-0.2, -0.15) is 0 Å². The molecule has 1 aromatic heterocycles. The summed E-state index contributed by atoms with van der Waals surface area (Å²) in [6.07, 6.45) is -2.38. The van der Waals surface area contributed by atoms with Crippen molar-refractivity contribution in [3.8, 4) is 0 Å². The molecule has 0 spiro atoms. The number of nitrogens with zero attached hydrogens (tertiary/aromatic N) is 2. The first-order valence-corrected chi connectivity index (χ1v) is 3.53. The molecule has 0 atom stereocenters. The lowest BCUT2D eigenvalue weighted by molar-refractivity contribution is -0.386. The summed E-state index contributed by atoms with van der Waals surface area (Å²) in [5.41, 5.74) is -1.85. The van der Waals surface area contributed by atoms with E-state index in [0.717, 1.165) is 0 Å². The van der Waals surface area contributed by atoms with E-state index >= 15 is 0 Å². The Hall–Kier alpha value is -1.66. The molecule has 0 bridgehead atoms. The van der Waals surface area contributed by atoms with Crippen LogP contribution in [0.4, 0.5) is 18.9 Å². The Morgan fingerprint density at radius 1 is 1.57 bits per heavy atom. The maximum atomic E-state index is 12.2. The summed E-state index contributed by atoms with van der Waals surface area (Å²) in [6, 6.07) is 0.697. The Kier molecular flexibility index (Phi) is 3.00. The Labute approximate surface area is 76.5 Å². The van der Waals surface area contributed by atoms with Gasteiger partial charge in [0.05, 0.1) is 16.2 Å². The van der Waals surface area contributed by atoms with Crippen LogP contribution in [0, 0.1) is 10.1 Å². The largest absolute Gasteiger partial charge is 0.296 e. The van der Waals surface area contributed by atoms with Crippen LogP contribution in [0.5, 0.6) is 0 Å². The second-order valence-corrected chi connectivity index (χ2v) is 2.43. The van der Waals surface area contributed by atoms with Crippen molar-refractivity contribution in [2.75, 3.05) is 0 Å². The van der Waals surface area contributed by atoms with E-state index in [9.17, 15) is 23.3 Å². The maximum Gasteiger partial charge on any atom is 0.296 e. The maximum absolute atomic E-state index is 12.2. The zero-order valence-corrected chi connectivity index (χ0v) is 6.78. The zero-order chi connectivity index (χ0) is 10.7. The monoisotopic (exact) mass is 206 g/mol. The number of hydrogen-bond acceptors (Lipinski definition) is 3. The first-order valence-electron chi connectivity index (χ1n) is 3.53. The number of halogens is 3. The number of nitro groups is 1. The fraction of sp³-hybridized carbons (Fsp3) is 0.286. The van der Waals surface area contributed by atoms with E-state index in [-0.39, 0.29) is 5.69 Å². The highest BCUT2D eigenvalue weighted by Crippen LogP contribution is 2.28. The van der Waals surface area contributed by atoms with Crippen molar-refractivity contribution in [1.29, 1.82) is 0 Å². The molecule has 0 aliphatic carbocycles. The van der Waals surface area contributed by atoms with Gasteiger partial charge < -0.3 is 0 Å². The molecule has 0 saturated carbocycles. The van der Waals surface area contributed by atoms with E-state index in [2.05, 4.69) is 4.98 Å². The van der Waals surface area contributed by atoms with E-state index in [4.69, 9.17) is 0 Å². The first kappa shape index (κ1) is 10.4. The zero-order valence-electron chi connectivity index (χ0n) is 6.78. The number of rotatable bonds is 3. The highest BCUT2D eigenvalue weighted by atomic mass is 19.3. The van der Waals surface area contributed by atoms with Crippen molar-refractivity contribution in [1.82, 2.24) is 4.98 Å². The fourth-order valence-corrected chi connectivity index (χ4v) is 0.910. The topological polar surface area (TPSA) is 56.0 Å². The molecule has 1 heterocycles. The Bertz CT molecular complexity index is 357. The van der Waals surface area contributed by atoms with Crippen LogP contribution in [0.1, 0.15) is 17.7 Å². The summed E-state index contributed by atoms with van der Waals surface area (Å²) in [5.74, 6) is 0. The van der Waals surface area contributed by atoms with Crippen LogP contribution in [0.3, 0.4) is 0 Å². The SMILES string of the molecule is O=[N+]([O-])c1cnc(CF)cc1C(F)F. The van der Waals surface area contributed by atoms with Crippen molar-refractivity contribution in [3.63, 3.8) is 0 Å². The van der Waals surface area contributed by atoms with E-state index < -0.39 is 29.3 Å². The average molecular weight is 206 g/mol. The molecular weight excluding hydrogens is 201 g/mol. The molecule has 76 valence electrons. The lowest BCUT2D eigenvalue weighted by atomic mass is 10.2. The summed E-state index contributed by atoms with van der Waals surface area (Å²) < 4.78 is 36.5. The van der Waals surface area contributed by atoms with Gasteiger partial charge in [-0.1, -0.05) is 0 Å². The van der Waals surface area contributed by atoms with Crippen molar-refractivity contribution in [2.45, 2.75) is 13.1 Å². The van der Waals surface area contributed by atoms with Gasteiger partial charge in [-0.25, -0.2) is 13.2 Å². The molecule has 0 aliphatic rings. The van der Waals surface area contributed by atoms with E-state index in [1.54, 1.807) is 0 Å². The van der Waals surface area contributed by atoms with Gasteiger partial charge in [0.2, 0.25) is 0 Å². The van der Waals surface area contributed by atoms with Crippen LogP contribution in [-0.4, -0.2) is 9.91 Å². The van der Waals surface area contributed by atoms with Crippen LogP contribution >= 0.6 is 0 Å². The van der Waals surface area contributed by atoms with Gasteiger partial charge >= 0.3 is 0 Å². The highest BCUT2D eigenvalue weighted by molar-refractivity contribution is 5.39. The van der Waals surface area contributed by atoms with E-state index in [1.807, 2.05) is 0 Å². The Morgan fingerprint density at radius 2 is 2.21 bits per heavy atom. The van der Waals surface area contributed by atoms with Crippen molar-refractivity contribution >= 4 is 5.69 Å². The molecule has 0 radical (unpaired) electrons. The van der Waals surface area contributed by atoms with Crippen LogP contribution in [0.2, 0.25) is 0 Å². The second kappa shape index (κ2) is 4.03. The molecule has 7 heteroatoms. The van der Waals surface area contributed by atoms with Crippen molar-refractivity contribution in [3.05, 3.63) is 33.6 Å². The van der Waals surface area contributed by atoms with Gasteiger partial charge in [0.1, 0.15) is 12.9 Å². The van der Waals surface area contributed by atoms with Gasteiger partial charge in [0.25, 0.3) is 12.1 Å². The number of aromatic nitrogens is 1. The summed E-state index contributed by atoms with van der Waals surface area (Å²) in [7, 11) is 0. The van der Waals surface area contributed by atoms with E-state index in [1.165, 1.54) is 0 Å². The first-order chi connectivity index (χ1) is 6.56. The lowest BCUT2D eigenvalue weighted by Gasteiger charge is -2.02. The number of alkyl halides is 3. The van der Waals surface area contributed by atoms with Gasteiger partial charge in [-0.3, -0.25) is 15.1 Å². The third-order valence-electron chi connectivity index (χ3n) is 1.54. The van der Waals surface area contributed by atoms with Gasteiger partial charge in [-0.15, -0.1) is 0 Å². The molecule has 0 fully saturated rings. The molecule has 14 heavy (non-hydrogen) atoms. The molecular formula is C7H5F3N2O2. The molecule has 0 N–H and O–H groups in total. The molecule has 0 aromatic carbocycles. The molecule has 0 amide bonds. The van der Waals surface area contributed by atoms with Gasteiger partial charge in [0.15, 0.2) is 0 Å². The third-order valence-corrected chi connectivity index (χ3v) is 1.54. The minimum Gasteiger partial charge on any atom is -0.258 e. The molecule has 0 saturated heterocycles. The summed E-state index contributed by atoms with van der Waals surface area (Å²) >= 11 is 0. The smallest absolute Gasteiger partial charge is 0.258 e. The number of pyridine rings is 1. The average Bonchev–Trinajstić information content (AvgIpc) is 2.16. The number of hydrogen-bond donors (Lipinski definition) is 0. The minimum atomic E-state index is -3.01. The third kappa shape index (κ3) is 1.98. The van der Waals surface area contributed by atoms with E-state index in [0.29, 0.717) is 12.3 Å². The van der Waals surface area contributed by atoms with Crippen LogP contribution in [0.15, 0.2) is 12.3 Å². The molecule has 0 aliphatic heterocycles. The Morgan fingerprint density at radius 3 is 2.64 bits per heavy atom.